The molecule has 4 aromatic heterocycles. The van der Waals surface area contributed by atoms with Gasteiger partial charge in [0.15, 0.2) is 11.5 Å². The first-order valence-corrected chi connectivity index (χ1v) is 12.2. The highest BCUT2D eigenvalue weighted by Crippen LogP contribution is 2.39. The molecular weight excluding hydrogens is 453 g/mol. The van der Waals surface area contributed by atoms with Gasteiger partial charge in [-0.25, -0.2) is 32.2 Å². The lowest BCUT2D eigenvalue weighted by molar-refractivity contribution is -0.141. The van der Waals surface area contributed by atoms with Gasteiger partial charge in [0, 0.05) is 24.4 Å². The van der Waals surface area contributed by atoms with E-state index in [1.54, 1.807) is 6.92 Å². The first kappa shape index (κ1) is 20.5. The standard InChI is InChI=1S/C18H17F3N6O2S2/c1-9-6-11(18(19,20)21)23-17-12(9)13-14(30-17)16-24-15(25-27(16)8-22-13)10-4-3-5-26(7-10)31(2,28)29/h6,8,10H,3-5,7H2,1-2H3. The smallest absolute Gasteiger partial charge is 0.234 e. The van der Waals surface area contributed by atoms with E-state index in [4.69, 9.17) is 0 Å². The molecular formula is C18H17F3N6O2S2. The maximum atomic E-state index is 13.2. The van der Waals surface area contributed by atoms with Crippen LogP contribution in [0, 0.1) is 6.92 Å². The van der Waals surface area contributed by atoms with Crippen molar-refractivity contribution in [1.82, 2.24) is 28.9 Å². The number of sulfonamides is 1. The summed E-state index contributed by atoms with van der Waals surface area (Å²) in [5, 5.41) is 5.05. The van der Waals surface area contributed by atoms with E-state index >= 15 is 0 Å². The van der Waals surface area contributed by atoms with Gasteiger partial charge >= 0.3 is 6.18 Å². The molecule has 1 aliphatic rings. The van der Waals surface area contributed by atoms with Gasteiger partial charge in [0.2, 0.25) is 10.0 Å². The van der Waals surface area contributed by atoms with E-state index in [9.17, 15) is 21.6 Å². The fraction of sp³-hybridized carbons (Fsp3) is 0.444. The molecule has 0 bridgehead atoms. The summed E-state index contributed by atoms with van der Waals surface area (Å²) in [6, 6.07) is 1.03. The second-order valence-electron chi connectivity index (χ2n) is 7.73. The Bertz CT molecular complexity index is 1440. The van der Waals surface area contributed by atoms with Crippen LogP contribution in [0.25, 0.3) is 26.1 Å². The molecule has 0 aliphatic carbocycles. The van der Waals surface area contributed by atoms with Gasteiger partial charge in [0.1, 0.15) is 21.6 Å². The summed E-state index contributed by atoms with van der Waals surface area (Å²) in [5.74, 6) is 0.338. The average Bonchev–Trinajstić information content (AvgIpc) is 3.28. The number of aryl methyl sites for hydroxylation is 1. The van der Waals surface area contributed by atoms with Gasteiger partial charge in [-0.2, -0.15) is 13.2 Å². The molecule has 1 fully saturated rings. The molecule has 0 saturated carbocycles. The number of fused-ring (bicyclic) bond motifs is 5. The van der Waals surface area contributed by atoms with E-state index in [0.29, 0.717) is 52.1 Å². The molecule has 31 heavy (non-hydrogen) atoms. The van der Waals surface area contributed by atoms with Crippen LogP contribution in [-0.2, 0) is 16.2 Å². The third-order valence-corrected chi connectivity index (χ3v) is 7.83. The van der Waals surface area contributed by atoms with Crippen LogP contribution >= 0.6 is 11.3 Å². The number of rotatable bonds is 2. The zero-order valence-electron chi connectivity index (χ0n) is 16.5. The van der Waals surface area contributed by atoms with Gasteiger partial charge in [-0.15, -0.1) is 16.4 Å². The quantitative estimate of drug-likeness (QED) is 0.446. The molecule has 5 heterocycles. The molecule has 164 valence electrons. The normalized spacial score (nSPS) is 19.1. The minimum Gasteiger partial charge on any atom is -0.234 e. The third kappa shape index (κ3) is 3.44. The average molecular weight is 471 g/mol. The molecule has 0 aromatic carbocycles. The van der Waals surface area contributed by atoms with E-state index in [1.807, 2.05) is 0 Å². The van der Waals surface area contributed by atoms with Crippen molar-refractivity contribution in [3.05, 3.63) is 29.5 Å². The highest BCUT2D eigenvalue weighted by Gasteiger charge is 2.34. The minimum atomic E-state index is -4.54. The van der Waals surface area contributed by atoms with Crippen LogP contribution < -0.4 is 0 Å². The molecule has 1 atom stereocenters. The number of halogens is 3. The Morgan fingerprint density at radius 1 is 1.26 bits per heavy atom. The van der Waals surface area contributed by atoms with Crippen molar-refractivity contribution in [2.45, 2.75) is 31.9 Å². The summed E-state index contributed by atoms with van der Waals surface area (Å²) in [5.41, 5.74) is 0.514. The van der Waals surface area contributed by atoms with Gasteiger partial charge in [0.05, 0.1) is 11.8 Å². The fourth-order valence-electron chi connectivity index (χ4n) is 4.00. The molecule has 13 heteroatoms. The Balaban J connectivity index is 1.64. The lowest BCUT2D eigenvalue weighted by Crippen LogP contribution is -2.38. The van der Waals surface area contributed by atoms with Gasteiger partial charge in [-0.1, -0.05) is 0 Å². The van der Waals surface area contributed by atoms with Gasteiger partial charge in [-0.3, -0.25) is 0 Å². The molecule has 5 rings (SSSR count). The Labute approximate surface area is 178 Å². The van der Waals surface area contributed by atoms with Gasteiger partial charge < -0.3 is 0 Å². The van der Waals surface area contributed by atoms with E-state index in [-0.39, 0.29) is 10.7 Å². The van der Waals surface area contributed by atoms with Crippen molar-refractivity contribution in [1.29, 1.82) is 0 Å². The largest absolute Gasteiger partial charge is 0.433 e. The van der Waals surface area contributed by atoms with E-state index in [1.165, 1.54) is 21.4 Å². The van der Waals surface area contributed by atoms with Crippen LogP contribution in [0.1, 0.15) is 35.8 Å². The lowest BCUT2D eigenvalue weighted by atomic mass is 9.99. The number of pyridine rings is 1. The number of alkyl halides is 3. The second-order valence-corrected chi connectivity index (χ2v) is 10.7. The first-order chi connectivity index (χ1) is 14.5. The van der Waals surface area contributed by atoms with Crippen LogP contribution in [-0.4, -0.2) is 56.6 Å². The number of piperidine rings is 1. The Kier molecular flexibility index (Phi) is 4.51. The molecule has 0 spiro atoms. The molecule has 0 amide bonds. The van der Waals surface area contributed by atoms with Crippen LogP contribution in [0.15, 0.2) is 12.4 Å². The Hall–Kier alpha value is -2.38. The first-order valence-electron chi connectivity index (χ1n) is 9.50. The monoisotopic (exact) mass is 470 g/mol. The van der Waals surface area contributed by atoms with E-state index < -0.39 is 21.9 Å². The highest BCUT2D eigenvalue weighted by molar-refractivity contribution is 7.88. The zero-order valence-corrected chi connectivity index (χ0v) is 18.1. The third-order valence-electron chi connectivity index (χ3n) is 5.49. The summed E-state index contributed by atoms with van der Waals surface area (Å²) in [6.07, 6.45) is -0.419. The molecule has 1 saturated heterocycles. The predicted molar refractivity (Wildman–Crippen MR) is 110 cm³/mol. The van der Waals surface area contributed by atoms with Crippen molar-refractivity contribution in [3.8, 4) is 0 Å². The molecule has 4 aromatic rings. The molecule has 1 aliphatic heterocycles. The zero-order chi connectivity index (χ0) is 22.1. The fourth-order valence-corrected chi connectivity index (χ4v) is 6.09. The lowest BCUT2D eigenvalue weighted by Gasteiger charge is -2.29. The maximum absolute atomic E-state index is 13.2. The van der Waals surface area contributed by atoms with Crippen molar-refractivity contribution < 1.29 is 21.6 Å². The number of thiophene rings is 1. The van der Waals surface area contributed by atoms with Crippen molar-refractivity contribution in [3.63, 3.8) is 0 Å². The minimum absolute atomic E-state index is 0.163. The van der Waals surface area contributed by atoms with E-state index in [2.05, 4.69) is 20.1 Å². The van der Waals surface area contributed by atoms with Crippen LogP contribution in [0.3, 0.4) is 0 Å². The molecule has 0 N–H and O–H groups in total. The molecule has 8 nitrogen and oxygen atoms in total. The number of nitrogens with zero attached hydrogens (tertiary/aromatic N) is 6. The van der Waals surface area contributed by atoms with Crippen LogP contribution in [0.4, 0.5) is 13.2 Å². The van der Waals surface area contributed by atoms with Gasteiger partial charge in [0.25, 0.3) is 0 Å². The molecule has 0 radical (unpaired) electrons. The Morgan fingerprint density at radius 2 is 2.03 bits per heavy atom. The SMILES string of the molecule is Cc1cc(C(F)(F)F)nc2sc3c(ncn4nc(C5CCCN(S(C)(=O)=O)C5)nc34)c12. The van der Waals surface area contributed by atoms with Gasteiger partial charge in [-0.05, 0) is 31.4 Å². The van der Waals surface area contributed by atoms with Crippen LogP contribution in [0.5, 0.6) is 0 Å². The van der Waals surface area contributed by atoms with E-state index in [0.717, 1.165) is 23.8 Å². The number of hydrogen-bond acceptors (Lipinski definition) is 7. The topological polar surface area (TPSA) is 93.4 Å². The summed E-state index contributed by atoms with van der Waals surface area (Å²) in [6.45, 7) is 2.37. The number of aromatic nitrogens is 5. The highest BCUT2D eigenvalue weighted by atomic mass is 32.2. The predicted octanol–water partition coefficient (Wildman–Crippen LogP) is 3.35. The van der Waals surface area contributed by atoms with Crippen molar-refractivity contribution in [2.75, 3.05) is 19.3 Å². The Morgan fingerprint density at radius 3 is 2.74 bits per heavy atom. The maximum Gasteiger partial charge on any atom is 0.433 e. The summed E-state index contributed by atoms with van der Waals surface area (Å²) in [7, 11) is -3.31. The number of hydrogen-bond donors (Lipinski definition) is 0. The second kappa shape index (κ2) is 6.81. The van der Waals surface area contributed by atoms with Crippen molar-refractivity contribution >= 4 is 47.4 Å². The van der Waals surface area contributed by atoms with Crippen LogP contribution in [0.2, 0.25) is 0 Å². The summed E-state index contributed by atoms with van der Waals surface area (Å²) < 4.78 is 66.9. The van der Waals surface area contributed by atoms with Crippen molar-refractivity contribution in [2.24, 2.45) is 0 Å². The summed E-state index contributed by atoms with van der Waals surface area (Å²) in [4.78, 5) is 13.1. The molecule has 1 unspecified atom stereocenters. The summed E-state index contributed by atoms with van der Waals surface area (Å²) >= 11 is 1.10.